The molecule has 0 aliphatic carbocycles. The van der Waals surface area contributed by atoms with Crippen molar-refractivity contribution in [3.63, 3.8) is 0 Å². The van der Waals surface area contributed by atoms with Crippen LogP contribution in [0.3, 0.4) is 0 Å². The van der Waals surface area contributed by atoms with E-state index in [0.29, 0.717) is 25.3 Å². The van der Waals surface area contributed by atoms with Gasteiger partial charge in [-0.05, 0) is 37.1 Å². The summed E-state index contributed by atoms with van der Waals surface area (Å²) >= 11 is 0. The second-order valence-corrected chi connectivity index (χ2v) is 5.95. The monoisotopic (exact) mass is 344 g/mol. The molecule has 0 bridgehead atoms. The van der Waals surface area contributed by atoms with E-state index in [2.05, 4.69) is 5.32 Å². The average molecular weight is 345 g/mol. The highest BCUT2D eigenvalue weighted by molar-refractivity contribution is 5.94. The predicted molar refractivity (Wildman–Crippen MR) is 95.4 cm³/mol. The van der Waals surface area contributed by atoms with E-state index in [1.807, 2.05) is 20.8 Å². The van der Waals surface area contributed by atoms with Gasteiger partial charge in [0.05, 0.1) is 12.1 Å². The number of methoxy groups -OCH3 is 1. The van der Waals surface area contributed by atoms with Gasteiger partial charge in [0.2, 0.25) is 0 Å². The molecule has 1 unspecified atom stereocenters. The summed E-state index contributed by atoms with van der Waals surface area (Å²) in [7, 11) is 1.67. The van der Waals surface area contributed by atoms with E-state index in [-0.39, 0.29) is 24.2 Å². The Bertz CT molecular complexity index is 465. The van der Waals surface area contributed by atoms with Crippen LogP contribution in [0.1, 0.15) is 37.6 Å². The van der Waals surface area contributed by atoms with Gasteiger partial charge in [-0.3, -0.25) is 4.79 Å². The van der Waals surface area contributed by atoms with E-state index in [9.17, 15) is 4.79 Å². The van der Waals surface area contributed by atoms with Crippen LogP contribution >= 0.6 is 12.4 Å². The average Bonchev–Trinajstić information content (AvgIpc) is 2.51. The van der Waals surface area contributed by atoms with Crippen molar-refractivity contribution in [2.75, 3.05) is 26.9 Å². The second-order valence-electron chi connectivity index (χ2n) is 5.95. The Morgan fingerprint density at radius 1 is 1.26 bits per heavy atom. The molecule has 0 saturated carbocycles. The molecule has 3 N–H and O–H groups in total. The van der Waals surface area contributed by atoms with Crippen LogP contribution < -0.4 is 15.8 Å². The summed E-state index contributed by atoms with van der Waals surface area (Å²) in [5.74, 6) is 0.885. The maximum atomic E-state index is 12.3. The Hall–Kier alpha value is -1.30. The maximum absolute atomic E-state index is 12.3. The zero-order chi connectivity index (χ0) is 16.6. The number of carbonyl (C=O) groups excluding carboxylic acids is 1. The lowest BCUT2D eigenvalue weighted by atomic mass is 9.88. The van der Waals surface area contributed by atoms with Crippen molar-refractivity contribution >= 4 is 18.3 Å². The molecule has 0 saturated heterocycles. The molecule has 0 aromatic heterocycles. The SMILES string of the molecule is COCCCOc1ccc(C(=O)NC(C)(CN)C(C)C)cc1.Cl. The van der Waals surface area contributed by atoms with Gasteiger partial charge in [0, 0.05) is 32.2 Å². The molecule has 1 aromatic carbocycles. The molecule has 1 rings (SSSR count). The first-order valence-corrected chi connectivity index (χ1v) is 7.67. The fourth-order valence-corrected chi connectivity index (χ4v) is 1.86. The number of carbonyl (C=O) groups is 1. The van der Waals surface area contributed by atoms with Crippen molar-refractivity contribution in [1.29, 1.82) is 0 Å². The second kappa shape index (κ2) is 10.5. The van der Waals surface area contributed by atoms with Crippen LogP contribution in [0.5, 0.6) is 5.75 Å². The number of halogens is 1. The van der Waals surface area contributed by atoms with E-state index in [1.54, 1.807) is 31.4 Å². The van der Waals surface area contributed by atoms with Crippen LogP contribution in [0.4, 0.5) is 0 Å². The minimum absolute atomic E-state index is 0. The number of hydrogen-bond donors (Lipinski definition) is 2. The first kappa shape index (κ1) is 21.7. The Labute approximate surface area is 145 Å². The van der Waals surface area contributed by atoms with Crippen molar-refractivity contribution in [3.8, 4) is 5.75 Å². The summed E-state index contributed by atoms with van der Waals surface area (Å²) in [5, 5.41) is 3.02. The van der Waals surface area contributed by atoms with Crippen LogP contribution in [0, 0.1) is 5.92 Å². The molecule has 1 amide bonds. The van der Waals surface area contributed by atoms with E-state index in [4.69, 9.17) is 15.2 Å². The third kappa shape index (κ3) is 6.77. The highest BCUT2D eigenvalue weighted by Crippen LogP contribution is 2.17. The molecule has 0 heterocycles. The first-order chi connectivity index (χ1) is 10.4. The Morgan fingerprint density at radius 3 is 2.35 bits per heavy atom. The van der Waals surface area contributed by atoms with E-state index in [1.165, 1.54) is 0 Å². The van der Waals surface area contributed by atoms with Crippen molar-refractivity contribution in [2.45, 2.75) is 32.7 Å². The quantitative estimate of drug-likeness (QED) is 0.675. The van der Waals surface area contributed by atoms with Gasteiger partial charge >= 0.3 is 0 Å². The minimum atomic E-state index is -0.410. The molecule has 0 aliphatic rings. The Balaban J connectivity index is 0.00000484. The molecule has 5 nitrogen and oxygen atoms in total. The molecule has 6 heteroatoms. The van der Waals surface area contributed by atoms with Gasteiger partial charge in [-0.25, -0.2) is 0 Å². The molecule has 0 spiro atoms. The van der Waals surface area contributed by atoms with Crippen LogP contribution in [-0.2, 0) is 4.74 Å². The molecule has 1 atom stereocenters. The summed E-state index contributed by atoms with van der Waals surface area (Å²) < 4.78 is 10.5. The number of amides is 1. The summed E-state index contributed by atoms with van der Waals surface area (Å²) in [6.07, 6.45) is 0.835. The zero-order valence-corrected chi connectivity index (χ0v) is 15.2. The minimum Gasteiger partial charge on any atom is -0.494 e. The first-order valence-electron chi connectivity index (χ1n) is 7.67. The number of rotatable bonds is 9. The van der Waals surface area contributed by atoms with Crippen molar-refractivity contribution in [3.05, 3.63) is 29.8 Å². The Morgan fingerprint density at radius 2 is 1.87 bits per heavy atom. The summed E-state index contributed by atoms with van der Waals surface area (Å²) in [6, 6.07) is 7.13. The number of hydrogen-bond acceptors (Lipinski definition) is 4. The lowest BCUT2D eigenvalue weighted by Crippen LogP contribution is -2.55. The zero-order valence-electron chi connectivity index (χ0n) is 14.4. The van der Waals surface area contributed by atoms with Crippen LogP contribution in [0.2, 0.25) is 0 Å². The van der Waals surface area contributed by atoms with Crippen molar-refractivity contribution in [1.82, 2.24) is 5.32 Å². The molecule has 132 valence electrons. The molecular weight excluding hydrogens is 316 g/mol. The van der Waals surface area contributed by atoms with Gasteiger partial charge in [-0.1, -0.05) is 13.8 Å². The molecule has 0 radical (unpaired) electrons. The summed E-state index contributed by atoms with van der Waals surface area (Å²) in [5.41, 5.74) is 5.98. The summed E-state index contributed by atoms with van der Waals surface area (Å²) in [6.45, 7) is 7.72. The highest BCUT2D eigenvalue weighted by atomic mass is 35.5. The third-order valence-electron chi connectivity index (χ3n) is 3.98. The lowest BCUT2D eigenvalue weighted by molar-refractivity contribution is 0.0883. The van der Waals surface area contributed by atoms with Crippen molar-refractivity contribution < 1.29 is 14.3 Å². The molecule has 0 fully saturated rings. The topological polar surface area (TPSA) is 73.6 Å². The van der Waals surface area contributed by atoms with E-state index < -0.39 is 5.54 Å². The predicted octanol–water partition coefficient (Wildman–Crippen LogP) is 2.63. The number of nitrogens with two attached hydrogens (primary N) is 1. The van der Waals surface area contributed by atoms with Crippen LogP contribution in [-0.4, -0.2) is 38.3 Å². The Kier molecular flexibility index (Phi) is 9.88. The van der Waals surface area contributed by atoms with Crippen molar-refractivity contribution in [2.24, 2.45) is 11.7 Å². The fourth-order valence-electron chi connectivity index (χ4n) is 1.86. The normalized spacial score (nSPS) is 13.1. The number of benzene rings is 1. The molecular formula is C17H29ClN2O3. The van der Waals surface area contributed by atoms with E-state index in [0.717, 1.165) is 12.2 Å². The summed E-state index contributed by atoms with van der Waals surface area (Å²) in [4.78, 5) is 12.3. The maximum Gasteiger partial charge on any atom is 0.251 e. The van der Waals surface area contributed by atoms with Gasteiger partial charge in [-0.15, -0.1) is 12.4 Å². The number of nitrogens with one attached hydrogen (secondary N) is 1. The van der Waals surface area contributed by atoms with Crippen LogP contribution in [0.25, 0.3) is 0 Å². The van der Waals surface area contributed by atoms with Crippen LogP contribution in [0.15, 0.2) is 24.3 Å². The third-order valence-corrected chi connectivity index (χ3v) is 3.98. The molecule has 1 aromatic rings. The van der Waals surface area contributed by atoms with Gasteiger partial charge < -0.3 is 20.5 Å². The van der Waals surface area contributed by atoms with Gasteiger partial charge in [0.1, 0.15) is 5.75 Å². The van der Waals surface area contributed by atoms with E-state index >= 15 is 0 Å². The standard InChI is InChI=1S/C17H28N2O3.ClH/c1-13(2)17(3,12-18)19-16(20)14-6-8-15(9-7-14)22-11-5-10-21-4;/h6-9,13H,5,10-12,18H2,1-4H3,(H,19,20);1H. The highest BCUT2D eigenvalue weighted by Gasteiger charge is 2.28. The van der Waals surface area contributed by atoms with Gasteiger partial charge in [-0.2, -0.15) is 0 Å². The molecule has 0 aliphatic heterocycles. The number of ether oxygens (including phenoxy) is 2. The smallest absolute Gasteiger partial charge is 0.251 e. The largest absolute Gasteiger partial charge is 0.494 e. The van der Waals surface area contributed by atoms with Gasteiger partial charge in [0.15, 0.2) is 0 Å². The molecule has 23 heavy (non-hydrogen) atoms. The fraction of sp³-hybridized carbons (Fsp3) is 0.588. The lowest BCUT2D eigenvalue weighted by Gasteiger charge is -2.33. The van der Waals surface area contributed by atoms with Gasteiger partial charge in [0.25, 0.3) is 5.91 Å².